The molecule has 0 saturated heterocycles. The summed E-state index contributed by atoms with van der Waals surface area (Å²) in [4.78, 5) is 38.4. The molecule has 21 heavy (non-hydrogen) atoms. The number of Topliss-reactive ketones (excluding diaryl/α,β-unsaturated/α-hetero) is 1. The topological polar surface area (TPSA) is 95.1 Å². The van der Waals surface area contributed by atoms with Crippen molar-refractivity contribution in [2.24, 2.45) is 5.41 Å². The first kappa shape index (κ1) is 14.8. The summed E-state index contributed by atoms with van der Waals surface area (Å²) in [5, 5.41) is 11.0. The van der Waals surface area contributed by atoms with Crippen molar-refractivity contribution >= 4 is 22.4 Å². The largest absolute Gasteiger partial charge is 0.297 e. The van der Waals surface area contributed by atoms with Crippen molar-refractivity contribution in [1.29, 1.82) is 0 Å². The SMILES string of the molecule is CC(C)(C)C(=O)Cn1cnc2cc([N+](=O)[O-])ccc2c1=O. The summed E-state index contributed by atoms with van der Waals surface area (Å²) < 4.78 is 1.22. The zero-order valence-corrected chi connectivity index (χ0v) is 12.0. The predicted octanol–water partition coefficient (Wildman–Crippen LogP) is 1.92. The van der Waals surface area contributed by atoms with Crippen LogP contribution in [-0.2, 0) is 11.3 Å². The molecule has 7 heteroatoms. The van der Waals surface area contributed by atoms with Crippen LogP contribution in [-0.4, -0.2) is 20.3 Å². The molecule has 0 bridgehead atoms. The third-order valence-electron chi connectivity index (χ3n) is 3.17. The van der Waals surface area contributed by atoms with Gasteiger partial charge in [-0.05, 0) is 6.07 Å². The Balaban J connectivity index is 2.48. The van der Waals surface area contributed by atoms with Crippen molar-refractivity contribution in [3.05, 3.63) is 45.0 Å². The number of carbonyl (C=O) groups excluding carboxylic acids is 1. The van der Waals surface area contributed by atoms with Crippen LogP contribution in [0.1, 0.15) is 20.8 Å². The molecule has 0 unspecified atom stereocenters. The number of rotatable bonds is 3. The molecule has 0 aliphatic rings. The first-order valence-corrected chi connectivity index (χ1v) is 6.37. The molecule has 0 aliphatic heterocycles. The van der Waals surface area contributed by atoms with E-state index in [1.54, 1.807) is 20.8 Å². The number of hydrogen-bond acceptors (Lipinski definition) is 5. The van der Waals surface area contributed by atoms with Crippen LogP contribution >= 0.6 is 0 Å². The fraction of sp³-hybridized carbons (Fsp3) is 0.357. The summed E-state index contributed by atoms with van der Waals surface area (Å²) >= 11 is 0. The third kappa shape index (κ3) is 2.96. The predicted molar refractivity (Wildman–Crippen MR) is 77.1 cm³/mol. The van der Waals surface area contributed by atoms with E-state index in [0.29, 0.717) is 0 Å². The first-order chi connectivity index (χ1) is 9.70. The van der Waals surface area contributed by atoms with E-state index in [0.717, 1.165) is 0 Å². The van der Waals surface area contributed by atoms with E-state index in [-0.39, 0.29) is 34.5 Å². The maximum absolute atomic E-state index is 12.3. The normalized spacial score (nSPS) is 11.6. The molecule has 2 rings (SSSR count). The van der Waals surface area contributed by atoms with Crippen LogP contribution in [0.4, 0.5) is 5.69 Å². The van der Waals surface area contributed by atoms with Gasteiger partial charge in [0.2, 0.25) is 0 Å². The lowest BCUT2D eigenvalue weighted by Crippen LogP contribution is -2.30. The number of benzene rings is 1. The lowest BCUT2D eigenvalue weighted by Gasteiger charge is -2.17. The second-order valence-corrected chi connectivity index (χ2v) is 5.81. The maximum atomic E-state index is 12.3. The minimum Gasteiger partial charge on any atom is -0.297 e. The van der Waals surface area contributed by atoms with Gasteiger partial charge in [-0.3, -0.25) is 24.3 Å². The highest BCUT2D eigenvalue weighted by Gasteiger charge is 2.22. The monoisotopic (exact) mass is 289 g/mol. The average molecular weight is 289 g/mol. The zero-order chi connectivity index (χ0) is 15.8. The van der Waals surface area contributed by atoms with Crippen molar-refractivity contribution in [2.45, 2.75) is 27.3 Å². The van der Waals surface area contributed by atoms with Crippen molar-refractivity contribution in [3.63, 3.8) is 0 Å². The maximum Gasteiger partial charge on any atom is 0.271 e. The Morgan fingerprint density at radius 1 is 1.38 bits per heavy atom. The van der Waals surface area contributed by atoms with Crippen LogP contribution in [0.5, 0.6) is 0 Å². The van der Waals surface area contributed by atoms with Gasteiger partial charge in [0.25, 0.3) is 11.2 Å². The van der Waals surface area contributed by atoms with E-state index in [1.165, 1.54) is 29.1 Å². The molecule has 0 amide bonds. The highest BCUT2D eigenvalue weighted by atomic mass is 16.6. The van der Waals surface area contributed by atoms with Crippen molar-refractivity contribution < 1.29 is 9.72 Å². The highest BCUT2D eigenvalue weighted by Crippen LogP contribution is 2.17. The zero-order valence-electron chi connectivity index (χ0n) is 12.0. The number of non-ortho nitro benzene ring substituents is 1. The van der Waals surface area contributed by atoms with E-state index >= 15 is 0 Å². The van der Waals surface area contributed by atoms with Crippen LogP contribution in [0.2, 0.25) is 0 Å². The van der Waals surface area contributed by atoms with Crippen molar-refractivity contribution in [1.82, 2.24) is 9.55 Å². The molecular formula is C14H15N3O4. The van der Waals surface area contributed by atoms with Gasteiger partial charge in [-0.25, -0.2) is 4.98 Å². The fourth-order valence-electron chi connectivity index (χ4n) is 1.76. The molecule has 1 aromatic heterocycles. The number of nitro groups is 1. The van der Waals surface area contributed by atoms with Gasteiger partial charge in [-0.15, -0.1) is 0 Å². The van der Waals surface area contributed by atoms with Crippen LogP contribution < -0.4 is 5.56 Å². The van der Waals surface area contributed by atoms with Gasteiger partial charge in [-0.2, -0.15) is 0 Å². The molecule has 0 radical (unpaired) electrons. The van der Waals surface area contributed by atoms with Crippen LogP contribution in [0.3, 0.4) is 0 Å². The lowest BCUT2D eigenvalue weighted by atomic mass is 9.91. The van der Waals surface area contributed by atoms with Crippen LogP contribution in [0, 0.1) is 15.5 Å². The second kappa shape index (κ2) is 5.08. The molecule has 1 aromatic carbocycles. The van der Waals surface area contributed by atoms with Gasteiger partial charge in [0.1, 0.15) is 0 Å². The number of ketones is 1. The first-order valence-electron chi connectivity index (χ1n) is 6.37. The fourth-order valence-corrected chi connectivity index (χ4v) is 1.76. The van der Waals surface area contributed by atoms with Gasteiger partial charge in [0, 0.05) is 17.5 Å². The number of aromatic nitrogens is 2. The van der Waals surface area contributed by atoms with Crippen LogP contribution in [0.25, 0.3) is 10.9 Å². The van der Waals surface area contributed by atoms with E-state index in [9.17, 15) is 19.7 Å². The summed E-state index contributed by atoms with van der Waals surface area (Å²) in [7, 11) is 0. The highest BCUT2D eigenvalue weighted by molar-refractivity contribution is 5.84. The molecule has 0 fully saturated rings. The van der Waals surface area contributed by atoms with Gasteiger partial charge < -0.3 is 0 Å². The minimum absolute atomic E-state index is 0.0672. The molecule has 0 spiro atoms. The van der Waals surface area contributed by atoms with E-state index in [2.05, 4.69) is 4.98 Å². The molecule has 0 aliphatic carbocycles. The summed E-state index contributed by atoms with van der Waals surface area (Å²) in [5.74, 6) is -0.0901. The van der Waals surface area contributed by atoms with Crippen molar-refractivity contribution in [2.75, 3.05) is 0 Å². The Bertz CT molecular complexity index is 787. The quantitative estimate of drug-likeness (QED) is 0.635. The molecule has 0 N–H and O–H groups in total. The molecule has 0 saturated carbocycles. The molecule has 110 valence electrons. The Kier molecular flexibility index (Phi) is 3.59. The number of nitro benzene ring substituents is 1. The van der Waals surface area contributed by atoms with Crippen LogP contribution in [0.15, 0.2) is 29.3 Å². The smallest absolute Gasteiger partial charge is 0.271 e. The Morgan fingerprint density at radius 3 is 2.62 bits per heavy atom. The number of carbonyl (C=O) groups is 1. The summed E-state index contributed by atoms with van der Waals surface area (Å²) in [6, 6.07) is 3.86. The average Bonchev–Trinajstić information content (AvgIpc) is 2.40. The van der Waals surface area contributed by atoms with Gasteiger partial charge in [0.05, 0.1) is 28.7 Å². The summed E-state index contributed by atoms with van der Waals surface area (Å²) in [6.07, 6.45) is 1.25. The molecule has 1 heterocycles. The van der Waals surface area contributed by atoms with E-state index < -0.39 is 10.3 Å². The van der Waals surface area contributed by atoms with E-state index in [4.69, 9.17) is 0 Å². The standard InChI is InChI=1S/C14H15N3O4/c1-14(2,3)12(18)7-16-8-15-11-6-9(17(20)21)4-5-10(11)13(16)19/h4-6,8H,7H2,1-3H3. The Hall–Kier alpha value is -2.57. The molecule has 7 nitrogen and oxygen atoms in total. The van der Waals surface area contributed by atoms with Gasteiger partial charge in [-0.1, -0.05) is 20.8 Å². The summed E-state index contributed by atoms with van der Waals surface area (Å²) in [6.45, 7) is 5.26. The number of nitrogens with zero attached hydrogens (tertiary/aromatic N) is 3. The lowest BCUT2D eigenvalue weighted by molar-refractivity contribution is -0.384. The Morgan fingerprint density at radius 2 is 2.05 bits per heavy atom. The third-order valence-corrected chi connectivity index (χ3v) is 3.17. The summed E-state index contributed by atoms with van der Waals surface area (Å²) in [5.41, 5.74) is -0.816. The Labute approximate surface area is 120 Å². The van der Waals surface area contributed by atoms with E-state index in [1.807, 2.05) is 0 Å². The molecule has 0 atom stereocenters. The number of fused-ring (bicyclic) bond motifs is 1. The van der Waals surface area contributed by atoms with Crippen molar-refractivity contribution in [3.8, 4) is 0 Å². The molecule has 2 aromatic rings. The minimum atomic E-state index is -0.552. The van der Waals surface area contributed by atoms with Gasteiger partial charge >= 0.3 is 0 Å². The second-order valence-electron chi connectivity index (χ2n) is 5.81. The van der Waals surface area contributed by atoms with Gasteiger partial charge in [0.15, 0.2) is 5.78 Å². The molecular weight excluding hydrogens is 274 g/mol. The number of hydrogen-bond donors (Lipinski definition) is 0.